The first-order chi connectivity index (χ1) is 6.11. The van der Waals surface area contributed by atoms with Gasteiger partial charge in [-0.1, -0.05) is 13.8 Å². The van der Waals surface area contributed by atoms with Crippen molar-refractivity contribution in [3.8, 4) is 0 Å². The predicted molar refractivity (Wildman–Crippen MR) is 52.7 cm³/mol. The monoisotopic (exact) mass is 180 g/mol. The van der Waals surface area contributed by atoms with Crippen molar-refractivity contribution in [2.45, 2.75) is 20.8 Å². The number of aryl methyl sites for hydroxylation is 1. The number of H-pyrrole nitrogens is 1. The van der Waals surface area contributed by atoms with E-state index in [0.29, 0.717) is 5.92 Å². The Labute approximate surface area is 78.5 Å². The highest BCUT2D eigenvalue weighted by atomic mass is 16.1. The van der Waals surface area contributed by atoms with Crippen LogP contribution in [-0.2, 0) is 0 Å². The summed E-state index contributed by atoms with van der Waals surface area (Å²) in [5.74, 6) is 0.496. The Bertz CT molecular complexity index is 289. The Morgan fingerprint density at radius 1 is 1.62 bits per heavy atom. The normalized spacial score (nSPS) is 10.5. The lowest BCUT2D eigenvalue weighted by Gasteiger charge is -2.06. The highest BCUT2D eigenvalue weighted by Crippen LogP contribution is 2.04. The van der Waals surface area contributed by atoms with E-state index in [2.05, 4.69) is 24.1 Å². The van der Waals surface area contributed by atoms with Gasteiger partial charge in [0.2, 0.25) is 0 Å². The Morgan fingerprint density at radius 2 is 2.31 bits per heavy atom. The fraction of sp³-hybridized carbons (Fsp3) is 0.500. The minimum Gasteiger partial charge on any atom is -0.365 e. The van der Waals surface area contributed by atoms with Crippen LogP contribution < -0.4 is 5.32 Å². The van der Waals surface area contributed by atoms with Gasteiger partial charge in [0, 0.05) is 18.4 Å². The van der Waals surface area contributed by atoms with Crippen LogP contribution in [0.3, 0.4) is 0 Å². The predicted octanol–water partition coefficient (Wildman–Crippen LogP) is 1.71. The maximum Gasteiger partial charge on any atom is 0.253 e. The largest absolute Gasteiger partial charge is 0.365 e. The van der Waals surface area contributed by atoms with Crippen molar-refractivity contribution in [2.75, 3.05) is 6.54 Å². The molecule has 0 unspecified atom stereocenters. The molecule has 1 aromatic rings. The average molecular weight is 180 g/mol. The van der Waals surface area contributed by atoms with Gasteiger partial charge in [-0.15, -0.1) is 0 Å². The maximum atomic E-state index is 11.5. The van der Waals surface area contributed by atoms with E-state index < -0.39 is 0 Å². The first kappa shape index (κ1) is 9.84. The number of nitrogens with one attached hydrogen (secondary N) is 2. The molecule has 0 aliphatic carbocycles. The number of amides is 1. The molecule has 1 heterocycles. The smallest absolute Gasteiger partial charge is 0.253 e. The first-order valence-corrected chi connectivity index (χ1v) is 4.53. The first-order valence-electron chi connectivity index (χ1n) is 4.53. The summed E-state index contributed by atoms with van der Waals surface area (Å²) in [7, 11) is 0. The van der Waals surface area contributed by atoms with Gasteiger partial charge in [0.1, 0.15) is 0 Å². The van der Waals surface area contributed by atoms with Gasteiger partial charge >= 0.3 is 0 Å². The van der Waals surface area contributed by atoms with Crippen LogP contribution in [0.15, 0.2) is 12.3 Å². The highest BCUT2D eigenvalue weighted by molar-refractivity contribution is 5.95. The zero-order valence-electron chi connectivity index (χ0n) is 8.35. The molecule has 72 valence electrons. The molecule has 0 aliphatic rings. The van der Waals surface area contributed by atoms with Crippen molar-refractivity contribution < 1.29 is 4.79 Å². The SMILES string of the molecule is Cc1[nH]ccc1C(=O)NCC(C)C. The standard InChI is InChI=1S/C10H16N2O/c1-7(2)6-12-10(13)9-4-5-11-8(9)3/h4-5,7,11H,6H2,1-3H3,(H,12,13). The van der Waals surface area contributed by atoms with Crippen molar-refractivity contribution in [3.05, 3.63) is 23.5 Å². The number of rotatable bonds is 3. The minimum absolute atomic E-state index is 0.00690. The van der Waals surface area contributed by atoms with E-state index in [1.807, 2.05) is 6.92 Å². The summed E-state index contributed by atoms with van der Waals surface area (Å²) >= 11 is 0. The van der Waals surface area contributed by atoms with E-state index in [0.717, 1.165) is 17.8 Å². The second-order valence-electron chi connectivity index (χ2n) is 3.62. The fourth-order valence-corrected chi connectivity index (χ4v) is 1.09. The van der Waals surface area contributed by atoms with Crippen LogP contribution in [0.1, 0.15) is 29.9 Å². The zero-order chi connectivity index (χ0) is 9.84. The second-order valence-corrected chi connectivity index (χ2v) is 3.62. The van der Waals surface area contributed by atoms with E-state index in [9.17, 15) is 4.79 Å². The van der Waals surface area contributed by atoms with Crippen LogP contribution >= 0.6 is 0 Å². The molecular weight excluding hydrogens is 164 g/mol. The molecule has 0 fully saturated rings. The Kier molecular flexibility index (Phi) is 3.12. The van der Waals surface area contributed by atoms with Crippen LogP contribution in [0.25, 0.3) is 0 Å². The molecule has 0 aliphatic heterocycles. The zero-order valence-corrected chi connectivity index (χ0v) is 8.35. The van der Waals surface area contributed by atoms with Crippen molar-refractivity contribution in [1.82, 2.24) is 10.3 Å². The third-order valence-corrected chi connectivity index (χ3v) is 1.87. The van der Waals surface area contributed by atoms with Gasteiger partial charge in [0.25, 0.3) is 5.91 Å². The van der Waals surface area contributed by atoms with Crippen LogP contribution in [0.2, 0.25) is 0 Å². The lowest BCUT2D eigenvalue weighted by molar-refractivity contribution is 0.0948. The van der Waals surface area contributed by atoms with Crippen LogP contribution in [0.4, 0.5) is 0 Å². The van der Waals surface area contributed by atoms with E-state index in [4.69, 9.17) is 0 Å². The molecule has 0 atom stereocenters. The molecule has 0 saturated carbocycles. The molecule has 3 nitrogen and oxygen atoms in total. The van der Waals surface area contributed by atoms with Gasteiger partial charge in [-0.2, -0.15) is 0 Å². The molecule has 2 N–H and O–H groups in total. The summed E-state index contributed by atoms with van der Waals surface area (Å²) in [5.41, 5.74) is 1.65. The molecule has 0 bridgehead atoms. The lowest BCUT2D eigenvalue weighted by Crippen LogP contribution is -2.27. The van der Waals surface area contributed by atoms with Gasteiger partial charge in [0.05, 0.1) is 5.56 Å². The van der Waals surface area contributed by atoms with Gasteiger partial charge in [0.15, 0.2) is 0 Å². The van der Waals surface area contributed by atoms with Gasteiger partial charge in [-0.05, 0) is 18.9 Å². The van der Waals surface area contributed by atoms with Crippen LogP contribution in [0, 0.1) is 12.8 Å². The molecular formula is C10H16N2O. The summed E-state index contributed by atoms with van der Waals surface area (Å²) in [6.07, 6.45) is 1.78. The Balaban J connectivity index is 2.54. The summed E-state index contributed by atoms with van der Waals surface area (Å²) in [6, 6.07) is 1.80. The van der Waals surface area contributed by atoms with E-state index >= 15 is 0 Å². The number of hydrogen-bond donors (Lipinski definition) is 2. The third-order valence-electron chi connectivity index (χ3n) is 1.87. The molecule has 0 radical (unpaired) electrons. The Morgan fingerprint density at radius 3 is 2.77 bits per heavy atom. The molecule has 1 amide bonds. The van der Waals surface area contributed by atoms with Crippen LogP contribution in [-0.4, -0.2) is 17.4 Å². The highest BCUT2D eigenvalue weighted by Gasteiger charge is 2.08. The number of carbonyl (C=O) groups excluding carboxylic acids is 1. The molecule has 1 aromatic heterocycles. The van der Waals surface area contributed by atoms with E-state index in [1.165, 1.54) is 0 Å². The number of aromatic amines is 1. The summed E-state index contributed by atoms with van der Waals surface area (Å²) in [6.45, 7) is 6.77. The summed E-state index contributed by atoms with van der Waals surface area (Å²) in [4.78, 5) is 14.5. The van der Waals surface area contributed by atoms with Crippen molar-refractivity contribution >= 4 is 5.91 Å². The topological polar surface area (TPSA) is 44.9 Å². The fourth-order valence-electron chi connectivity index (χ4n) is 1.09. The molecule has 1 rings (SSSR count). The van der Waals surface area contributed by atoms with E-state index in [-0.39, 0.29) is 5.91 Å². The molecule has 3 heteroatoms. The molecule has 13 heavy (non-hydrogen) atoms. The number of aromatic nitrogens is 1. The van der Waals surface area contributed by atoms with Gasteiger partial charge < -0.3 is 10.3 Å². The van der Waals surface area contributed by atoms with Crippen molar-refractivity contribution in [3.63, 3.8) is 0 Å². The third kappa shape index (κ3) is 2.61. The van der Waals surface area contributed by atoms with E-state index in [1.54, 1.807) is 12.3 Å². The lowest BCUT2D eigenvalue weighted by atomic mass is 10.2. The average Bonchev–Trinajstić information content (AvgIpc) is 2.47. The summed E-state index contributed by atoms with van der Waals surface area (Å²) < 4.78 is 0. The van der Waals surface area contributed by atoms with Crippen molar-refractivity contribution in [1.29, 1.82) is 0 Å². The second kappa shape index (κ2) is 4.12. The number of hydrogen-bond acceptors (Lipinski definition) is 1. The van der Waals surface area contributed by atoms with Gasteiger partial charge in [-0.25, -0.2) is 0 Å². The minimum atomic E-state index is 0.00690. The summed E-state index contributed by atoms with van der Waals surface area (Å²) in [5, 5.41) is 2.87. The molecule has 0 saturated heterocycles. The number of carbonyl (C=O) groups is 1. The quantitative estimate of drug-likeness (QED) is 0.730. The van der Waals surface area contributed by atoms with Gasteiger partial charge in [-0.3, -0.25) is 4.79 Å². The van der Waals surface area contributed by atoms with Crippen LogP contribution in [0.5, 0.6) is 0 Å². The molecule has 0 spiro atoms. The maximum absolute atomic E-state index is 11.5. The molecule has 0 aromatic carbocycles. The van der Waals surface area contributed by atoms with Crippen molar-refractivity contribution in [2.24, 2.45) is 5.92 Å². The Hall–Kier alpha value is -1.25.